The molecule has 0 aliphatic carbocycles. The van der Waals surface area contributed by atoms with E-state index in [0.717, 1.165) is 0 Å². The molecular formula is C16H17NO7. The van der Waals surface area contributed by atoms with Crippen LogP contribution >= 0.6 is 0 Å². The van der Waals surface area contributed by atoms with Gasteiger partial charge in [-0.1, -0.05) is 17.2 Å². The largest absolute Gasteiger partial charge is 0.458 e. The Balaban J connectivity index is 1.83. The Labute approximate surface area is 138 Å². The number of imide groups is 1. The Morgan fingerprint density at radius 1 is 0.958 bits per heavy atom. The average molecular weight is 335 g/mol. The summed E-state index contributed by atoms with van der Waals surface area (Å²) < 4.78 is 9.86. The molecule has 1 aromatic rings. The highest BCUT2D eigenvalue weighted by Gasteiger charge is 2.38. The number of nitrogens with zero attached hydrogens (tertiary/aromatic N) is 1. The first-order valence-corrected chi connectivity index (χ1v) is 7.17. The van der Waals surface area contributed by atoms with Gasteiger partial charge < -0.3 is 14.3 Å². The number of hydrogen-bond donors (Lipinski definition) is 0. The fourth-order valence-corrected chi connectivity index (χ4v) is 1.97. The number of hydroxylamine groups is 2. The third-order valence-electron chi connectivity index (χ3n) is 2.81. The molecule has 0 bridgehead atoms. The summed E-state index contributed by atoms with van der Waals surface area (Å²) in [6.07, 6.45) is 0. The number of fused-ring (bicyclic) bond motifs is 1. The van der Waals surface area contributed by atoms with Gasteiger partial charge in [-0.2, -0.15) is 0 Å². The van der Waals surface area contributed by atoms with Crippen LogP contribution in [0.4, 0.5) is 0 Å². The quantitative estimate of drug-likeness (QED) is 0.587. The van der Waals surface area contributed by atoms with Gasteiger partial charge in [-0.05, 0) is 32.9 Å². The predicted molar refractivity (Wildman–Crippen MR) is 79.7 cm³/mol. The summed E-state index contributed by atoms with van der Waals surface area (Å²) in [4.78, 5) is 51.8. The summed E-state index contributed by atoms with van der Waals surface area (Å²) in [6.45, 7) is 4.03. The molecule has 24 heavy (non-hydrogen) atoms. The van der Waals surface area contributed by atoms with Crippen molar-refractivity contribution in [1.82, 2.24) is 5.06 Å². The van der Waals surface area contributed by atoms with Crippen molar-refractivity contribution in [2.45, 2.75) is 26.4 Å². The maximum Gasteiger partial charge on any atom is 0.358 e. The van der Waals surface area contributed by atoms with Gasteiger partial charge in [-0.15, -0.1) is 0 Å². The number of ether oxygens (including phenoxy) is 2. The Hall–Kier alpha value is -2.74. The van der Waals surface area contributed by atoms with Crippen molar-refractivity contribution in [3.05, 3.63) is 35.4 Å². The molecular weight excluding hydrogens is 318 g/mol. The highest BCUT2D eigenvalue weighted by Crippen LogP contribution is 2.22. The van der Waals surface area contributed by atoms with Gasteiger partial charge in [0.1, 0.15) is 18.8 Å². The number of benzene rings is 1. The first-order chi connectivity index (χ1) is 11.2. The molecule has 0 radical (unpaired) electrons. The van der Waals surface area contributed by atoms with E-state index in [1.54, 1.807) is 32.9 Å². The molecule has 0 saturated carbocycles. The van der Waals surface area contributed by atoms with E-state index >= 15 is 0 Å². The fraction of sp³-hybridized carbons (Fsp3) is 0.375. The minimum Gasteiger partial charge on any atom is -0.458 e. The second kappa shape index (κ2) is 6.79. The molecule has 0 atom stereocenters. The first kappa shape index (κ1) is 17.6. The van der Waals surface area contributed by atoms with Crippen LogP contribution in [-0.4, -0.2) is 47.6 Å². The molecule has 1 heterocycles. The smallest absolute Gasteiger partial charge is 0.358 e. The molecule has 0 spiro atoms. The second-order valence-corrected chi connectivity index (χ2v) is 5.99. The van der Waals surface area contributed by atoms with Crippen LogP contribution in [0.5, 0.6) is 0 Å². The maximum atomic E-state index is 12.0. The molecule has 1 aliphatic rings. The van der Waals surface area contributed by atoms with Gasteiger partial charge in [0.25, 0.3) is 11.8 Å². The Morgan fingerprint density at radius 3 is 1.96 bits per heavy atom. The standard InChI is InChI=1S/C16H17NO7/c1-16(2,3)23-12(18)8-22-9-13(19)24-17-14(20)10-6-4-5-7-11(10)15(17)21/h4-7H,8-9H2,1-3H3. The van der Waals surface area contributed by atoms with E-state index in [9.17, 15) is 19.2 Å². The lowest BCUT2D eigenvalue weighted by Gasteiger charge is -2.19. The van der Waals surface area contributed by atoms with E-state index in [2.05, 4.69) is 0 Å². The molecule has 1 aromatic carbocycles. The number of esters is 1. The zero-order valence-corrected chi connectivity index (χ0v) is 13.5. The Kier molecular flexibility index (Phi) is 4.99. The van der Waals surface area contributed by atoms with E-state index in [0.29, 0.717) is 5.06 Å². The van der Waals surface area contributed by atoms with Gasteiger partial charge in [0.05, 0.1) is 11.1 Å². The van der Waals surface area contributed by atoms with Crippen LogP contribution in [0.2, 0.25) is 0 Å². The first-order valence-electron chi connectivity index (χ1n) is 7.17. The third-order valence-corrected chi connectivity index (χ3v) is 2.81. The molecule has 2 amide bonds. The summed E-state index contributed by atoms with van der Waals surface area (Å²) in [5.41, 5.74) is -0.351. The van der Waals surface area contributed by atoms with E-state index in [4.69, 9.17) is 14.3 Å². The molecule has 0 fully saturated rings. The van der Waals surface area contributed by atoms with E-state index in [-0.39, 0.29) is 11.1 Å². The van der Waals surface area contributed by atoms with Crippen LogP contribution < -0.4 is 0 Å². The van der Waals surface area contributed by atoms with E-state index in [1.807, 2.05) is 0 Å². The van der Waals surface area contributed by atoms with Crippen LogP contribution in [-0.2, 0) is 23.9 Å². The molecule has 8 heteroatoms. The number of rotatable bonds is 5. The van der Waals surface area contributed by atoms with Gasteiger partial charge in [-0.3, -0.25) is 9.59 Å². The maximum absolute atomic E-state index is 12.0. The van der Waals surface area contributed by atoms with Crippen molar-refractivity contribution in [2.24, 2.45) is 0 Å². The van der Waals surface area contributed by atoms with E-state index in [1.165, 1.54) is 12.1 Å². The minimum absolute atomic E-state index is 0.157. The third kappa shape index (κ3) is 4.17. The number of carbonyl (C=O) groups excluding carboxylic acids is 4. The zero-order valence-electron chi connectivity index (χ0n) is 13.5. The van der Waals surface area contributed by atoms with Crippen molar-refractivity contribution in [3.63, 3.8) is 0 Å². The average Bonchev–Trinajstić information content (AvgIpc) is 2.71. The highest BCUT2D eigenvalue weighted by molar-refractivity contribution is 6.20. The molecule has 0 aromatic heterocycles. The van der Waals surface area contributed by atoms with Gasteiger partial charge in [0.15, 0.2) is 0 Å². The van der Waals surface area contributed by atoms with Gasteiger partial charge >= 0.3 is 11.9 Å². The fourth-order valence-electron chi connectivity index (χ4n) is 1.97. The number of hydrogen-bond acceptors (Lipinski definition) is 7. The number of carbonyl (C=O) groups is 4. The minimum atomic E-state index is -0.979. The topological polar surface area (TPSA) is 99.2 Å². The van der Waals surface area contributed by atoms with Crippen molar-refractivity contribution >= 4 is 23.8 Å². The van der Waals surface area contributed by atoms with Crippen LogP contribution in [0.15, 0.2) is 24.3 Å². The van der Waals surface area contributed by atoms with Crippen molar-refractivity contribution < 1.29 is 33.5 Å². The molecule has 0 unspecified atom stereocenters. The van der Waals surface area contributed by atoms with Crippen molar-refractivity contribution in [2.75, 3.05) is 13.2 Å². The summed E-state index contributed by atoms with van der Waals surface area (Å²) >= 11 is 0. The second-order valence-electron chi connectivity index (χ2n) is 5.99. The number of amides is 2. The summed E-state index contributed by atoms with van der Waals surface area (Å²) in [5.74, 6) is -3.07. The van der Waals surface area contributed by atoms with Crippen LogP contribution in [0, 0.1) is 0 Å². The van der Waals surface area contributed by atoms with Gasteiger partial charge in [-0.25, -0.2) is 9.59 Å². The normalized spacial score (nSPS) is 13.7. The lowest BCUT2D eigenvalue weighted by atomic mass is 10.1. The molecule has 1 aliphatic heterocycles. The van der Waals surface area contributed by atoms with Gasteiger partial charge in [0, 0.05) is 0 Å². The van der Waals surface area contributed by atoms with Crippen molar-refractivity contribution in [3.8, 4) is 0 Å². The van der Waals surface area contributed by atoms with Crippen LogP contribution in [0.1, 0.15) is 41.5 Å². The molecule has 8 nitrogen and oxygen atoms in total. The highest BCUT2D eigenvalue weighted by atomic mass is 16.7. The summed E-state index contributed by atoms with van der Waals surface area (Å²) in [7, 11) is 0. The van der Waals surface area contributed by atoms with Crippen LogP contribution in [0.25, 0.3) is 0 Å². The summed E-state index contributed by atoms with van der Waals surface area (Å²) in [5, 5.41) is 0.379. The molecule has 0 N–H and O–H groups in total. The van der Waals surface area contributed by atoms with Crippen molar-refractivity contribution in [1.29, 1.82) is 0 Å². The lowest BCUT2D eigenvalue weighted by Crippen LogP contribution is -2.34. The molecule has 2 rings (SSSR count). The predicted octanol–water partition coefficient (Wildman–Crippen LogP) is 1.10. The Morgan fingerprint density at radius 2 is 1.46 bits per heavy atom. The van der Waals surface area contributed by atoms with Crippen LogP contribution in [0.3, 0.4) is 0 Å². The summed E-state index contributed by atoms with van der Waals surface area (Å²) in [6, 6.07) is 6.11. The zero-order chi connectivity index (χ0) is 17.9. The lowest BCUT2D eigenvalue weighted by molar-refractivity contribution is -0.176. The van der Waals surface area contributed by atoms with E-state index < -0.39 is 42.6 Å². The van der Waals surface area contributed by atoms with Gasteiger partial charge in [0.2, 0.25) is 0 Å². The Bertz CT molecular complexity index is 655. The molecule has 128 valence electrons. The SMILES string of the molecule is CC(C)(C)OC(=O)COCC(=O)ON1C(=O)c2ccccc2C1=O. The monoisotopic (exact) mass is 335 g/mol. The molecule has 0 saturated heterocycles.